The highest BCUT2D eigenvalue weighted by Crippen LogP contribution is 2.40. The van der Waals surface area contributed by atoms with Crippen LogP contribution in [0.25, 0.3) is 0 Å². The number of hydrogen-bond donors (Lipinski definition) is 1. The van der Waals surface area contributed by atoms with Gasteiger partial charge in [0.05, 0.1) is 11.6 Å². The first-order valence-corrected chi connectivity index (χ1v) is 8.62. The van der Waals surface area contributed by atoms with Crippen LogP contribution in [-0.4, -0.2) is 36.6 Å². The van der Waals surface area contributed by atoms with Gasteiger partial charge in [-0.3, -0.25) is 4.79 Å². The molecule has 0 spiro atoms. The number of esters is 1. The van der Waals surface area contributed by atoms with E-state index in [0.717, 1.165) is 6.54 Å². The Hall–Kier alpha value is -2.75. The van der Waals surface area contributed by atoms with Crippen LogP contribution in [-0.2, 0) is 10.4 Å². The van der Waals surface area contributed by atoms with Crippen molar-refractivity contribution in [3.05, 3.63) is 65.0 Å². The average molecular weight is 370 g/mol. The third kappa shape index (κ3) is 5.13. The quantitative estimate of drug-likeness (QED) is 0.598. The van der Waals surface area contributed by atoms with Crippen LogP contribution < -0.4 is 4.74 Å². The number of halogens is 1. The number of nitrogens with zero attached hydrogens (tertiary/aromatic N) is 2. The molecule has 0 radical (unpaired) electrons. The summed E-state index contributed by atoms with van der Waals surface area (Å²) in [6.45, 7) is 1.99. The van der Waals surface area contributed by atoms with Crippen LogP contribution in [0, 0.1) is 17.1 Å². The van der Waals surface area contributed by atoms with Crippen LogP contribution in [0.5, 0.6) is 5.75 Å². The van der Waals surface area contributed by atoms with Crippen LogP contribution in [0.1, 0.15) is 36.5 Å². The molecule has 0 aliphatic rings. The van der Waals surface area contributed by atoms with E-state index in [1.807, 2.05) is 25.1 Å². The fourth-order valence-electron chi connectivity index (χ4n) is 2.98. The molecule has 0 heterocycles. The zero-order valence-electron chi connectivity index (χ0n) is 15.7. The topological polar surface area (TPSA) is 73.6 Å². The van der Waals surface area contributed by atoms with Crippen molar-refractivity contribution in [2.45, 2.75) is 25.4 Å². The van der Waals surface area contributed by atoms with E-state index in [1.165, 1.54) is 37.3 Å². The monoisotopic (exact) mass is 370 g/mol. The molecule has 27 heavy (non-hydrogen) atoms. The fourth-order valence-corrected chi connectivity index (χ4v) is 2.98. The first kappa shape index (κ1) is 20.6. The van der Waals surface area contributed by atoms with Crippen molar-refractivity contribution in [2.75, 3.05) is 20.6 Å². The number of rotatable bonds is 7. The van der Waals surface area contributed by atoms with Gasteiger partial charge in [-0.1, -0.05) is 18.2 Å². The largest absolute Gasteiger partial charge is 0.426 e. The van der Waals surface area contributed by atoms with Gasteiger partial charge in [-0.05, 0) is 63.3 Å². The number of hydrogen-bond acceptors (Lipinski definition) is 5. The summed E-state index contributed by atoms with van der Waals surface area (Å²) in [6.07, 6.45) is 0.983. The Balaban J connectivity index is 2.57. The summed E-state index contributed by atoms with van der Waals surface area (Å²) in [5.74, 6) is -0.839. The van der Waals surface area contributed by atoms with E-state index in [0.29, 0.717) is 29.5 Å². The van der Waals surface area contributed by atoms with Crippen molar-refractivity contribution in [1.82, 2.24) is 4.90 Å². The third-order valence-electron chi connectivity index (χ3n) is 4.28. The first-order valence-electron chi connectivity index (χ1n) is 8.62. The van der Waals surface area contributed by atoms with Crippen molar-refractivity contribution < 1.29 is 19.0 Å². The Morgan fingerprint density at radius 2 is 1.93 bits per heavy atom. The number of aliphatic hydroxyl groups is 1. The lowest BCUT2D eigenvalue weighted by Crippen LogP contribution is -2.30. The number of benzene rings is 2. The Morgan fingerprint density at radius 3 is 2.48 bits per heavy atom. The predicted octanol–water partition coefficient (Wildman–Crippen LogP) is 3.20. The predicted molar refractivity (Wildman–Crippen MR) is 99.7 cm³/mol. The van der Waals surface area contributed by atoms with E-state index in [-0.39, 0.29) is 5.75 Å². The Bertz CT molecular complexity index is 843. The third-order valence-corrected chi connectivity index (χ3v) is 4.28. The molecule has 0 saturated heterocycles. The zero-order chi connectivity index (χ0) is 20.0. The minimum absolute atomic E-state index is 0.123. The van der Waals surface area contributed by atoms with Crippen molar-refractivity contribution in [3.8, 4) is 11.8 Å². The highest BCUT2D eigenvalue weighted by Gasteiger charge is 2.34. The summed E-state index contributed by atoms with van der Waals surface area (Å²) in [4.78, 5) is 13.5. The van der Waals surface area contributed by atoms with E-state index in [9.17, 15) is 14.3 Å². The summed E-state index contributed by atoms with van der Waals surface area (Å²) in [5.41, 5.74) is -0.338. The molecule has 2 aromatic rings. The van der Waals surface area contributed by atoms with Gasteiger partial charge in [0.25, 0.3) is 0 Å². The van der Waals surface area contributed by atoms with Crippen LogP contribution in [0.15, 0.2) is 42.5 Å². The molecule has 2 rings (SSSR count). The molecule has 0 aromatic heterocycles. The zero-order valence-corrected chi connectivity index (χ0v) is 15.7. The molecular formula is C21H23FN2O3. The minimum atomic E-state index is -1.50. The van der Waals surface area contributed by atoms with Gasteiger partial charge in [-0.25, -0.2) is 4.39 Å². The van der Waals surface area contributed by atoms with Crippen molar-refractivity contribution in [2.24, 2.45) is 0 Å². The lowest BCUT2D eigenvalue weighted by molar-refractivity contribution is -0.132. The maximum absolute atomic E-state index is 13.4. The normalized spacial score (nSPS) is 13.1. The van der Waals surface area contributed by atoms with Crippen molar-refractivity contribution >= 4 is 5.97 Å². The average Bonchev–Trinajstić information content (AvgIpc) is 2.61. The standard InChI is InChI=1S/C21H23FN2O3/c1-15(25)27-20-13-16(14-23)5-10-19(20)21(26,11-4-12-24(2)3)17-6-8-18(22)9-7-17/h5-10,13,26H,4,11-12H2,1-3H3. The molecular weight excluding hydrogens is 347 g/mol. The van der Waals surface area contributed by atoms with Gasteiger partial charge < -0.3 is 14.7 Å². The molecule has 0 amide bonds. The summed E-state index contributed by atoms with van der Waals surface area (Å²) in [7, 11) is 3.87. The second kappa shape index (κ2) is 8.76. The molecule has 0 saturated carbocycles. The molecule has 1 N–H and O–H groups in total. The van der Waals surface area contributed by atoms with Crippen molar-refractivity contribution in [3.63, 3.8) is 0 Å². The van der Waals surface area contributed by atoms with Crippen LogP contribution >= 0.6 is 0 Å². The molecule has 0 fully saturated rings. The Labute approximate surface area is 158 Å². The molecule has 0 bridgehead atoms. The van der Waals surface area contributed by atoms with Crippen LogP contribution in [0.2, 0.25) is 0 Å². The molecule has 5 nitrogen and oxygen atoms in total. The summed E-state index contributed by atoms with van der Waals surface area (Å²) in [5, 5.41) is 20.7. The molecule has 142 valence electrons. The van der Waals surface area contributed by atoms with E-state index in [4.69, 9.17) is 10.00 Å². The van der Waals surface area contributed by atoms with Crippen LogP contribution in [0.3, 0.4) is 0 Å². The Morgan fingerprint density at radius 1 is 1.26 bits per heavy atom. The van der Waals surface area contributed by atoms with Gasteiger partial charge in [0, 0.05) is 12.5 Å². The number of ether oxygens (including phenoxy) is 1. The molecule has 0 aliphatic carbocycles. The van der Waals surface area contributed by atoms with Crippen molar-refractivity contribution in [1.29, 1.82) is 5.26 Å². The number of nitriles is 1. The summed E-state index contributed by atoms with van der Waals surface area (Å²) < 4.78 is 18.7. The molecule has 2 aromatic carbocycles. The number of carbonyl (C=O) groups excluding carboxylic acids is 1. The Kier molecular flexibility index (Phi) is 6.67. The maximum Gasteiger partial charge on any atom is 0.308 e. The van der Waals surface area contributed by atoms with Gasteiger partial charge in [0.1, 0.15) is 17.2 Å². The van der Waals surface area contributed by atoms with E-state index < -0.39 is 17.4 Å². The van der Waals surface area contributed by atoms with Gasteiger partial charge in [-0.2, -0.15) is 5.26 Å². The molecule has 1 atom stereocenters. The summed E-state index contributed by atoms with van der Waals surface area (Å²) in [6, 6.07) is 12.1. The van der Waals surface area contributed by atoms with E-state index in [1.54, 1.807) is 12.1 Å². The van der Waals surface area contributed by atoms with E-state index in [2.05, 4.69) is 0 Å². The highest BCUT2D eigenvalue weighted by atomic mass is 19.1. The second-order valence-corrected chi connectivity index (χ2v) is 6.69. The number of carbonyl (C=O) groups is 1. The van der Waals surface area contributed by atoms with Gasteiger partial charge in [0.15, 0.2) is 0 Å². The molecule has 0 aliphatic heterocycles. The SMILES string of the molecule is CC(=O)Oc1cc(C#N)ccc1C(O)(CCCN(C)C)c1ccc(F)cc1. The lowest BCUT2D eigenvalue weighted by atomic mass is 9.81. The second-order valence-electron chi connectivity index (χ2n) is 6.69. The summed E-state index contributed by atoms with van der Waals surface area (Å²) >= 11 is 0. The van der Waals surface area contributed by atoms with Gasteiger partial charge in [0.2, 0.25) is 0 Å². The minimum Gasteiger partial charge on any atom is -0.426 e. The fraction of sp³-hybridized carbons (Fsp3) is 0.333. The highest BCUT2D eigenvalue weighted by molar-refractivity contribution is 5.70. The van der Waals surface area contributed by atoms with Gasteiger partial charge in [-0.15, -0.1) is 0 Å². The smallest absolute Gasteiger partial charge is 0.308 e. The maximum atomic E-state index is 13.4. The lowest BCUT2D eigenvalue weighted by Gasteiger charge is -2.31. The molecule has 1 unspecified atom stereocenters. The first-order chi connectivity index (χ1) is 12.8. The van der Waals surface area contributed by atoms with Gasteiger partial charge >= 0.3 is 5.97 Å². The van der Waals surface area contributed by atoms with Crippen LogP contribution in [0.4, 0.5) is 4.39 Å². The van der Waals surface area contributed by atoms with E-state index >= 15 is 0 Å². The molecule has 6 heteroatoms.